The average molecular weight is 195 g/mol. The lowest BCUT2D eigenvalue weighted by Crippen LogP contribution is -2.13. The fourth-order valence-electron chi connectivity index (χ4n) is 1.56. The van der Waals surface area contributed by atoms with Crippen LogP contribution in [0.25, 0.3) is 10.8 Å². The van der Waals surface area contributed by atoms with Crippen LogP contribution in [0, 0.1) is 11.5 Å². The summed E-state index contributed by atoms with van der Waals surface area (Å²) in [5, 5.41) is 10.6. The SMILES string of the molecule is N#CN=C(N)c1cccc2ccccc12. The van der Waals surface area contributed by atoms with Gasteiger partial charge in [-0.05, 0) is 10.8 Å². The van der Waals surface area contributed by atoms with Crippen LogP contribution in [0.4, 0.5) is 0 Å². The molecule has 0 saturated carbocycles. The van der Waals surface area contributed by atoms with E-state index in [0.717, 1.165) is 16.3 Å². The number of nitrogens with two attached hydrogens (primary N) is 1. The topological polar surface area (TPSA) is 62.2 Å². The lowest BCUT2D eigenvalue weighted by Gasteiger charge is -2.03. The molecule has 0 spiro atoms. The highest BCUT2D eigenvalue weighted by atomic mass is 14.8. The van der Waals surface area contributed by atoms with Crippen LogP contribution in [0.3, 0.4) is 0 Å². The molecule has 0 atom stereocenters. The van der Waals surface area contributed by atoms with E-state index in [1.165, 1.54) is 0 Å². The van der Waals surface area contributed by atoms with E-state index in [0.29, 0.717) is 0 Å². The van der Waals surface area contributed by atoms with Crippen molar-refractivity contribution in [2.24, 2.45) is 10.7 Å². The number of fused-ring (bicyclic) bond motifs is 1. The summed E-state index contributed by atoms with van der Waals surface area (Å²) < 4.78 is 0. The van der Waals surface area contributed by atoms with Gasteiger partial charge in [0.1, 0.15) is 5.84 Å². The third kappa shape index (κ3) is 1.65. The molecule has 0 bridgehead atoms. The van der Waals surface area contributed by atoms with Crippen LogP contribution in [0.5, 0.6) is 0 Å². The van der Waals surface area contributed by atoms with Crippen LogP contribution in [0.2, 0.25) is 0 Å². The minimum atomic E-state index is 0.259. The number of nitriles is 1. The lowest BCUT2D eigenvalue weighted by atomic mass is 10.0. The molecule has 0 unspecified atom stereocenters. The summed E-state index contributed by atoms with van der Waals surface area (Å²) in [6.07, 6.45) is 1.69. The number of nitrogens with zero attached hydrogens (tertiary/aromatic N) is 2. The Bertz CT molecular complexity index is 559. The monoisotopic (exact) mass is 195 g/mol. The van der Waals surface area contributed by atoms with Crippen molar-refractivity contribution in [2.75, 3.05) is 0 Å². The lowest BCUT2D eigenvalue weighted by molar-refractivity contribution is 1.41. The highest BCUT2D eigenvalue weighted by Gasteiger charge is 2.03. The Kier molecular flexibility index (Phi) is 2.34. The molecule has 0 saturated heterocycles. The minimum absolute atomic E-state index is 0.259. The Morgan fingerprint density at radius 1 is 1.13 bits per heavy atom. The summed E-state index contributed by atoms with van der Waals surface area (Å²) >= 11 is 0. The van der Waals surface area contributed by atoms with Crippen molar-refractivity contribution in [3.05, 3.63) is 48.0 Å². The van der Waals surface area contributed by atoms with Crippen molar-refractivity contribution in [3.8, 4) is 6.19 Å². The van der Waals surface area contributed by atoms with Crippen molar-refractivity contribution in [2.45, 2.75) is 0 Å². The molecule has 3 nitrogen and oxygen atoms in total. The first kappa shape index (κ1) is 9.22. The maximum absolute atomic E-state index is 8.45. The third-order valence-corrected chi connectivity index (χ3v) is 2.24. The average Bonchev–Trinajstić information content (AvgIpc) is 2.28. The first-order valence-electron chi connectivity index (χ1n) is 4.53. The van der Waals surface area contributed by atoms with Gasteiger partial charge in [0.05, 0.1) is 0 Å². The maximum Gasteiger partial charge on any atom is 0.207 e. The van der Waals surface area contributed by atoms with Crippen LogP contribution < -0.4 is 5.73 Å². The maximum atomic E-state index is 8.45. The second-order valence-corrected chi connectivity index (χ2v) is 3.12. The zero-order chi connectivity index (χ0) is 10.7. The smallest absolute Gasteiger partial charge is 0.207 e. The Hall–Kier alpha value is -2.34. The summed E-state index contributed by atoms with van der Waals surface area (Å²) in [6.45, 7) is 0. The van der Waals surface area contributed by atoms with Gasteiger partial charge in [-0.2, -0.15) is 10.3 Å². The number of rotatable bonds is 1. The van der Waals surface area contributed by atoms with Crippen molar-refractivity contribution in [1.29, 1.82) is 5.26 Å². The number of benzene rings is 2. The van der Waals surface area contributed by atoms with E-state index in [2.05, 4.69) is 4.99 Å². The molecule has 2 aromatic rings. The van der Waals surface area contributed by atoms with Gasteiger partial charge in [0.2, 0.25) is 6.19 Å². The second kappa shape index (κ2) is 3.81. The molecular weight excluding hydrogens is 186 g/mol. The minimum Gasteiger partial charge on any atom is -0.382 e. The van der Waals surface area contributed by atoms with Gasteiger partial charge in [-0.1, -0.05) is 42.5 Å². The number of amidine groups is 1. The Labute approximate surface area is 87.5 Å². The van der Waals surface area contributed by atoms with E-state index >= 15 is 0 Å². The van der Waals surface area contributed by atoms with Crippen molar-refractivity contribution >= 4 is 16.6 Å². The van der Waals surface area contributed by atoms with Crippen molar-refractivity contribution in [1.82, 2.24) is 0 Å². The first-order chi connectivity index (χ1) is 7.33. The molecular formula is C12H9N3. The largest absolute Gasteiger partial charge is 0.382 e. The van der Waals surface area contributed by atoms with E-state index in [-0.39, 0.29) is 5.84 Å². The summed E-state index contributed by atoms with van der Waals surface area (Å²) in [6, 6.07) is 13.6. The summed E-state index contributed by atoms with van der Waals surface area (Å²) in [7, 11) is 0. The quantitative estimate of drug-likeness (QED) is 0.430. The summed E-state index contributed by atoms with van der Waals surface area (Å²) in [5.74, 6) is 0.259. The van der Waals surface area contributed by atoms with Gasteiger partial charge in [-0.15, -0.1) is 0 Å². The van der Waals surface area contributed by atoms with Gasteiger partial charge in [0, 0.05) is 5.56 Å². The highest BCUT2D eigenvalue weighted by Crippen LogP contribution is 2.17. The number of hydrogen-bond donors (Lipinski definition) is 1. The zero-order valence-corrected chi connectivity index (χ0v) is 8.01. The van der Waals surface area contributed by atoms with E-state index in [1.54, 1.807) is 6.19 Å². The summed E-state index contributed by atoms with van der Waals surface area (Å²) in [5.41, 5.74) is 6.50. The first-order valence-corrected chi connectivity index (χ1v) is 4.53. The molecule has 0 aliphatic carbocycles. The van der Waals surface area contributed by atoms with E-state index in [9.17, 15) is 0 Å². The normalized spacial score (nSPS) is 11.3. The molecule has 0 heterocycles. The predicted molar refractivity (Wildman–Crippen MR) is 60.3 cm³/mol. The fourth-order valence-corrected chi connectivity index (χ4v) is 1.56. The Morgan fingerprint density at radius 3 is 2.67 bits per heavy atom. The zero-order valence-electron chi connectivity index (χ0n) is 8.01. The molecule has 72 valence electrons. The molecule has 0 aromatic heterocycles. The highest BCUT2D eigenvalue weighted by molar-refractivity contribution is 6.09. The number of aliphatic imine (C=N–C) groups is 1. The van der Waals surface area contributed by atoms with Crippen molar-refractivity contribution < 1.29 is 0 Å². The molecule has 2 N–H and O–H groups in total. The molecule has 3 heteroatoms. The molecule has 0 aliphatic rings. The summed E-state index contributed by atoms with van der Waals surface area (Å²) in [4.78, 5) is 3.54. The molecule has 0 radical (unpaired) electrons. The molecule has 2 aromatic carbocycles. The van der Waals surface area contributed by atoms with Gasteiger partial charge in [-0.3, -0.25) is 0 Å². The Balaban J connectivity index is 2.72. The van der Waals surface area contributed by atoms with Gasteiger partial charge in [0.25, 0.3) is 0 Å². The predicted octanol–water partition coefficient (Wildman–Crippen LogP) is 2.03. The fraction of sp³-hybridized carbons (Fsp3) is 0. The van der Waals surface area contributed by atoms with Crippen LogP contribution in [0.15, 0.2) is 47.5 Å². The van der Waals surface area contributed by atoms with Crippen LogP contribution in [-0.4, -0.2) is 5.84 Å². The molecule has 2 rings (SSSR count). The van der Waals surface area contributed by atoms with E-state index in [1.807, 2.05) is 42.5 Å². The van der Waals surface area contributed by atoms with Gasteiger partial charge < -0.3 is 5.73 Å². The molecule has 0 fully saturated rings. The molecule has 0 amide bonds. The standard InChI is InChI=1S/C12H9N3/c13-8-15-12(14)11-7-3-5-9-4-1-2-6-10(9)11/h1-7H,(H2,14,15). The Morgan fingerprint density at radius 2 is 1.87 bits per heavy atom. The second-order valence-electron chi connectivity index (χ2n) is 3.12. The third-order valence-electron chi connectivity index (χ3n) is 2.24. The van der Waals surface area contributed by atoms with E-state index in [4.69, 9.17) is 11.0 Å². The van der Waals surface area contributed by atoms with Crippen LogP contribution in [-0.2, 0) is 0 Å². The van der Waals surface area contributed by atoms with Gasteiger partial charge >= 0.3 is 0 Å². The van der Waals surface area contributed by atoms with Crippen LogP contribution >= 0.6 is 0 Å². The van der Waals surface area contributed by atoms with Gasteiger partial charge in [0.15, 0.2) is 0 Å². The van der Waals surface area contributed by atoms with Crippen molar-refractivity contribution in [3.63, 3.8) is 0 Å². The van der Waals surface area contributed by atoms with Gasteiger partial charge in [-0.25, -0.2) is 0 Å². The van der Waals surface area contributed by atoms with Crippen LogP contribution in [0.1, 0.15) is 5.56 Å². The number of hydrogen-bond acceptors (Lipinski definition) is 2. The van der Waals surface area contributed by atoms with E-state index < -0.39 is 0 Å². The molecule has 15 heavy (non-hydrogen) atoms. The molecule has 0 aliphatic heterocycles.